The molecule has 1 aliphatic heterocycles. The van der Waals surface area contributed by atoms with Crippen molar-refractivity contribution in [2.45, 2.75) is 19.3 Å². The van der Waals surface area contributed by atoms with Crippen LogP contribution >= 0.6 is 0 Å². The van der Waals surface area contributed by atoms with Crippen LogP contribution in [0.25, 0.3) is 5.69 Å². The number of nitrogens with zero attached hydrogens (tertiary/aromatic N) is 2. The minimum absolute atomic E-state index is 0.607. The molecule has 1 aromatic carbocycles. The van der Waals surface area contributed by atoms with Gasteiger partial charge in [-0.2, -0.15) is 5.10 Å². The van der Waals surface area contributed by atoms with Gasteiger partial charge in [-0.1, -0.05) is 25.1 Å². The molecule has 0 amide bonds. The van der Waals surface area contributed by atoms with E-state index in [-0.39, 0.29) is 0 Å². The predicted molar refractivity (Wildman–Crippen MR) is 55.7 cm³/mol. The van der Waals surface area contributed by atoms with Crippen molar-refractivity contribution in [3.8, 4) is 5.69 Å². The van der Waals surface area contributed by atoms with Crippen LogP contribution in [0.5, 0.6) is 0 Å². The molecule has 0 bridgehead atoms. The van der Waals surface area contributed by atoms with Crippen LogP contribution in [0.4, 0.5) is 0 Å². The molecule has 2 nitrogen and oxygen atoms in total. The maximum atomic E-state index is 4.35. The van der Waals surface area contributed by atoms with Crippen LogP contribution in [0.1, 0.15) is 24.1 Å². The fraction of sp³-hybridized carbons (Fsp3) is 0.250. The third-order valence-corrected chi connectivity index (χ3v) is 2.93. The van der Waals surface area contributed by atoms with E-state index >= 15 is 0 Å². The molecular formula is C12H12N2. The molecule has 1 atom stereocenters. The first kappa shape index (κ1) is 7.80. The number of aromatic nitrogens is 2. The van der Waals surface area contributed by atoms with E-state index in [4.69, 9.17) is 0 Å². The molecule has 0 N–H and O–H groups in total. The number of hydrogen-bond acceptors (Lipinski definition) is 1. The molecule has 1 aromatic heterocycles. The molecule has 1 unspecified atom stereocenters. The normalized spacial score (nSPS) is 18.8. The highest BCUT2D eigenvalue weighted by Crippen LogP contribution is 2.31. The summed E-state index contributed by atoms with van der Waals surface area (Å²) in [7, 11) is 0. The van der Waals surface area contributed by atoms with Crippen molar-refractivity contribution in [1.82, 2.24) is 9.78 Å². The van der Waals surface area contributed by atoms with Crippen LogP contribution in [0.3, 0.4) is 0 Å². The molecule has 0 fully saturated rings. The lowest BCUT2D eigenvalue weighted by Gasteiger charge is -2.23. The first-order valence-electron chi connectivity index (χ1n) is 4.98. The second kappa shape index (κ2) is 2.71. The van der Waals surface area contributed by atoms with Crippen LogP contribution in [-0.4, -0.2) is 9.78 Å². The van der Waals surface area contributed by atoms with Crippen molar-refractivity contribution < 1.29 is 0 Å². The summed E-state index contributed by atoms with van der Waals surface area (Å²) in [5.41, 5.74) is 3.96. The van der Waals surface area contributed by atoms with Gasteiger partial charge in [0.15, 0.2) is 0 Å². The minimum atomic E-state index is 0.607. The molecule has 0 saturated carbocycles. The molecule has 0 aliphatic carbocycles. The van der Waals surface area contributed by atoms with Gasteiger partial charge in [0, 0.05) is 11.9 Å². The Hall–Kier alpha value is -1.57. The van der Waals surface area contributed by atoms with Gasteiger partial charge in [-0.05, 0) is 30.0 Å². The van der Waals surface area contributed by atoms with Gasteiger partial charge in [-0.25, -0.2) is 4.68 Å². The summed E-state index contributed by atoms with van der Waals surface area (Å²) in [6.07, 6.45) is 2.97. The van der Waals surface area contributed by atoms with Gasteiger partial charge in [0.05, 0.1) is 5.69 Å². The maximum Gasteiger partial charge on any atom is 0.0683 e. The van der Waals surface area contributed by atoms with Gasteiger partial charge in [-0.15, -0.1) is 0 Å². The summed E-state index contributed by atoms with van der Waals surface area (Å²) < 4.78 is 2.05. The zero-order valence-corrected chi connectivity index (χ0v) is 8.14. The Labute approximate surface area is 83.2 Å². The summed E-state index contributed by atoms with van der Waals surface area (Å²) in [6.45, 7) is 2.27. The average molecular weight is 184 g/mol. The van der Waals surface area contributed by atoms with E-state index in [1.165, 1.54) is 16.9 Å². The second-order valence-electron chi connectivity index (χ2n) is 3.90. The third kappa shape index (κ3) is 0.939. The van der Waals surface area contributed by atoms with Gasteiger partial charge in [0.1, 0.15) is 0 Å². The lowest BCUT2D eigenvalue weighted by atomic mass is 9.92. The topological polar surface area (TPSA) is 17.8 Å². The molecule has 0 radical (unpaired) electrons. The largest absolute Gasteiger partial charge is 0.238 e. The SMILES string of the molecule is CC1Cc2ccnn2-c2ccccc21. The van der Waals surface area contributed by atoms with Gasteiger partial charge < -0.3 is 0 Å². The van der Waals surface area contributed by atoms with Crippen molar-refractivity contribution in [3.63, 3.8) is 0 Å². The second-order valence-corrected chi connectivity index (χ2v) is 3.90. The molecule has 2 heteroatoms. The molecular weight excluding hydrogens is 172 g/mol. The quantitative estimate of drug-likeness (QED) is 0.615. The Morgan fingerprint density at radius 1 is 1.29 bits per heavy atom. The molecule has 0 saturated heterocycles. The number of para-hydroxylation sites is 1. The Bertz CT molecular complexity index is 471. The van der Waals surface area contributed by atoms with Gasteiger partial charge in [0.25, 0.3) is 0 Å². The Kier molecular flexibility index (Phi) is 1.51. The Balaban J connectivity index is 2.30. The van der Waals surface area contributed by atoms with E-state index in [1.807, 2.05) is 6.20 Å². The van der Waals surface area contributed by atoms with Gasteiger partial charge >= 0.3 is 0 Å². The van der Waals surface area contributed by atoms with Gasteiger partial charge in [0.2, 0.25) is 0 Å². The molecule has 1 aliphatic rings. The molecule has 2 heterocycles. The zero-order chi connectivity index (χ0) is 9.54. The Morgan fingerprint density at radius 2 is 2.14 bits per heavy atom. The monoisotopic (exact) mass is 184 g/mol. The highest BCUT2D eigenvalue weighted by Gasteiger charge is 2.20. The van der Waals surface area contributed by atoms with E-state index in [2.05, 4.69) is 47.0 Å². The van der Waals surface area contributed by atoms with Crippen molar-refractivity contribution in [3.05, 3.63) is 47.8 Å². The van der Waals surface area contributed by atoms with Crippen molar-refractivity contribution in [2.24, 2.45) is 0 Å². The summed E-state index contributed by atoms with van der Waals surface area (Å²) in [5, 5.41) is 4.35. The summed E-state index contributed by atoms with van der Waals surface area (Å²) in [4.78, 5) is 0. The van der Waals surface area contributed by atoms with E-state index in [9.17, 15) is 0 Å². The van der Waals surface area contributed by atoms with E-state index in [0.29, 0.717) is 5.92 Å². The van der Waals surface area contributed by atoms with Crippen molar-refractivity contribution in [1.29, 1.82) is 0 Å². The standard InChI is InChI=1S/C12H12N2/c1-9-8-10-6-7-13-14(10)12-5-3-2-4-11(9)12/h2-7,9H,8H2,1H3. The number of fused-ring (bicyclic) bond motifs is 3. The zero-order valence-electron chi connectivity index (χ0n) is 8.14. The van der Waals surface area contributed by atoms with Crippen LogP contribution < -0.4 is 0 Å². The minimum Gasteiger partial charge on any atom is -0.238 e. The first-order chi connectivity index (χ1) is 6.86. The highest BCUT2D eigenvalue weighted by molar-refractivity contribution is 5.46. The Morgan fingerprint density at radius 3 is 3.07 bits per heavy atom. The fourth-order valence-electron chi connectivity index (χ4n) is 2.22. The van der Waals surface area contributed by atoms with E-state index in [1.54, 1.807) is 0 Å². The summed E-state index contributed by atoms with van der Waals surface area (Å²) >= 11 is 0. The van der Waals surface area contributed by atoms with Crippen LogP contribution in [-0.2, 0) is 6.42 Å². The van der Waals surface area contributed by atoms with Gasteiger partial charge in [-0.3, -0.25) is 0 Å². The molecule has 3 rings (SSSR count). The maximum absolute atomic E-state index is 4.35. The van der Waals surface area contributed by atoms with Crippen molar-refractivity contribution >= 4 is 0 Å². The highest BCUT2D eigenvalue weighted by atomic mass is 15.3. The van der Waals surface area contributed by atoms with Crippen LogP contribution in [0.2, 0.25) is 0 Å². The third-order valence-electron chi connectivity index (χ3n) is 2.93. The number of hydrogen-bond donors (Lipinski definition) is 0. The summed E-state index contributed by atoms with van der Waals surface area (Å²) in [6, 6.07) is 10.6. The first-order valence-corrected chi connectivity index (χ1v) is 4.98. The van der Waals surface area contributed by atoms with Crippen LogP contribution in [0.15, 0.2) is 36.5 Å². The van der Waals surface area contributed by atoms with Crippen LogP contribution in [0, 0.1) is 0 Å². The average Bonchev–Trinajstić information content (AvgIpc) is 2.66. The molecule has 14 heavy (non-hydrogen) atoms. The van der Waals surface area contributed by atoms with E-state index < -0.39 is 0 Å². The smallest absolute Gasteiger partial charge is 0.0683 e. The molecule has 70 valence electrons. The lowest BCUT2D eigenvalue weighted by molar-refractivity contribution is 0.652. The fourth-order valence-corrected chi connectivity index (χ4v) is 2.22. The van der Waals surface area contributed by atoms with Crippen molar-refractivity contribution in [2.75, 3.05) is 0 Å². The summed E-state index contributed by atoms with van der Waals surface area (Å²) in [5.74, 6) is 0.607. The lowest BCUT2D eigenvalue weighted by Crippen LogP contribution is -2.15. The molecule has 2 aromatic rings. The number of rotatable bonds is 0. The molecule has 0 spiro atoms. The van der Waals surface area contributed by atoms with E-state index in [0.717, 1.165) is 6.42 Å². The predicted octanol–water partition coefficient (Wildman–Crippen LogP) is 2.53. The number of benzene rings is 1.